The standard InChI is InChI=1S/C11H16BrNO/c1-8(7-14)13-9(2)10-5-3-4-6-11(10)12/h3-6,8-9,13-14H,7H2,1-2H3. The van der Waals surface area contributed by atoms with E-state index < -0.39 is 0 Å². The van der Waals surface area contributed by atoms with Crippen molar-refractivity contribution in [3.63, 3.8) is 0 Å². The molecule has 0 aromatic heterocycles. The molecule has 2 unspecified atom stereocenters. The molecule has 1 aromatic carbocycles. The summed E-state index contributed by atoms with van der Waals surface area (Å²) in [6.07, 6.45) is 0. The summed E-state index contributed by atoms with van der Waals surface area (Å²) in [4.78, 5) is 0. The fraction of sp³-hybridized carbons (Fsp3) is 0.455. The van der Waals surface area contributed by atoms with Crippen LogP contribution in [0, 0.1) is 0 Å². The summed E-state index contributed by atoms with van der Waals surface area (Å²) in [5, 5.41) is 12.2. The Hall–Kier alpha value is -0.380. The van der Waals surface area contributed by atoms with Crippen LogP contribution in [0.4, 0.5) is 0 Å². The van der Waals surface area contributed by atoms with E-state index in [2.05, 4.69) is 34.2 Å². The van der Waals surface area contributed by atoms with Gasteiger partial charge in [-0.2, -0.15) is 0 Å². The molecule has 0 aliphatic carbocycles. The molecule has 78 valence electrons. The third-order valence-corrected chi connectivity index (χ3v) is 2.90. The Labute approximate surface area is 93.5 Å². The van der Waals surface area contributed by atoms with Crippen molar-refractivity contribution >= 4 is 15.9 Å². The average molecular weight is 258 g/mol. The second kappa shape index (κ2) is 5.49. The maximum absolute atomic E-state index is 8.93. The molecule has 0 saturated heterocycles. The lowest BCUT2D eigenvalue weighted by molar-refractivity contribution is 0.243. The number of aliphatic hydroxyl groups excluding tert-OH is 1. The predicted molar refractivity (Wildman–Crippen MR) is 62.2 cm³/mol. The van der Waals surface area contributed by atoms with E-state index in [4.69, 9.17) is 5.11 Å². The maximum atomic E-state index is 8.93. The van der Waals surface area contributed by atoms with Gasteiger partial charge in [0.05, 0.1) is 6.61 Å². The molecule has 0 bridgehead atoms. The van der Waals surface area contributed by atoms with Crippen molar-refractivity contribution in [2.75, 3.05) is 6.61 Å². The molecule has 1 rings (SSSR count). The zero-order valence-corrected chi connectivity index (χ0v) is 10.1. The maximum Gasteiger partial charge on any atom is 0.0582 e. The molecule has 0 radical (unpaired) electrons. The van der Waals surface area contributed by atoms with Crippen LogP contribution in [0.25, 0.3) is 0 Å². The minimum Gasteiger partial charge on any atom is -0.395 e. The van der Waals surface area contributed by atoms with Gasteiger partial charge in [-0.3, -0.25) is 0 Å². The zero-order chi connectivity index (χ0) is 10.6. The fourth-order valence-corrected chi connectivity index (χ4v) is 2.02. The first-order valence-electron chi connectivity index (χ1n) is 4.76. The fourth-order valence-electron chi connectivity index (χ4n) is 1.40. The van der Waals surface area contributed by atoms with Gasteiger partial charge < -0.3 is 10.4 Å². The van der Waals surface area contributed by atoms with E-state index in [1.807, 2.05) is 25.1 Å². The van der Waals surface area contributed by atoms with Gasteiger partial charge in [0, 0.05) is 16.6 Å². The van der Waals surface area contributed by atoms with Crippen molar-refractivity contribution in [1.29, 1.82) is 0 Å². The Kier molecular flexibility index (Phi) is 4.58. The summed E-state index contributed by atoms with van der Waals surface area (Å²) in [5.41, 5.74) is 1.22. The van der Waals surface area contributed by atoms with Crippen LogP contribution in [0.15, 0.2) is 28.7 Å². The summed E-state index contributed by atoms with van der Waals surface area (Å²) >= 11 is 3.51. The van der Waals surface area contributed by atoms with Crippen LogP contribution in [0.1, 0.15) is 25.5 Å². The highest BCUT2D eigenvalue weighted by molar-refractivity contribution is 9.10. The third-order valence-electron chi connectivity index (χ3n) is 2.18. The van der Waals surface area contributed by atoms with E-state index in [1.165, 1.54) is 5.56 Å². The largest absolute Gasteiger partial charge is 0.395 e. The van der Waals surface area contributed by atoms with Crippen LogP contribution >= 0.6 is 15.9 Å². The Morgan fingerprint density at radius 1 is 1.36 bits per heavy atom. The lowest BCUT2D eigenvalue weighted by atomic mass is 10.1. The molecule has 0 fully saturated rings. The molecule has 0 spiro atoms. The van der Waals surface area contributed by atoms with Crippen molar-refractivity contribution in [3.05, 3.63) is 34.3 Å². The van der Waals surface area contributed by atoms with Gasteiger partial charge in [-0.1, -0.05) is 34.1 Å². The quantitative estimate of drug-likeness (QED) is 0.869. The van der Waals surface area contributed by atoms with Gasteiger partial charge in [0.15, 0.2) is 0 Å². The van der Waals surface area contributed by atoms with Crippen molar-refractivity contribution in [2.24, 2.45) is 0 Å². The molecule has 2 atom stereocenters. The minimum atomic E-state index is 0.122. The van der Waals surface area contributed by atoms with Crippen LogP contribution in [0.3, 0.4) is 0 Å². The lowest BCUT2D eigenvalue weighted by Crippen LogP contribution is -2.31. The van der Waals surface area contributed by atoms with E-state index in [0.717, 1.165) is 4.47 Å². The third kappa shape index (κ3) is 3.08. The van der Waals surface area contributed by atoms with Gasteiger partial charge in [-0.25, -0.2) is 0 Å². The van der Waals surface area contributed by atoms with Gasteiger partial charge in [-0.15, -0.1) is 0 Å². The molecule has 2 nitrogen and oxygen atoms in total. The minimum absolute atomic E-state index is 0.122. The van der Waals surface area contributed by atoms with Gasteiger partial charge >= 0.3 is 0 Å². The predicted octanol–water partition coefficient (Wildman–Crippen LogP) is 2.48. The van der Waals surface area contributed by atoms with E-state index >= 15 is 0 Å². The van der Waals surface area contributed by atoms with E-state index in [9.17, 15) is 0 Å². The summed E-state index contributed by atoms with van der Waals surface area (Å²) in [7, 11) is 0. The van der Waals surface area contributed by atoms with Crippen LogP contribution < -0.4 is 5.32 Å². The van der Waals surface area contributed by atoms with E-state index in [0.29, 0.717) is 0 Å². The topological polar surface area (TPSA) is 32.3 Å². The Bertz CT molecular complexity index is 290. The second-order valence-corrected chi connectivity index (χ2v) is 4.35. The summed E-state index contributed by atoms with van der Waals surface area (Å²) in [6.45, 7) is 4.22. The molecule has 2 N–H and O–H groups in total. The van der Waals surface area contributed by atoms with Crippen LogP contribution in [-0.2, 0) is 0 Å². The summed E-state index contributed by atoms with van der Waals surface area (Å²) in [6, 6.07) is 8.48. The Morgan fingerprint density at radius 2 is 2.00 bits per heavy atom. The number of rotatable bonds is 4. The Morgan fingerprint density at radius 3 is 2.57 bits per heavy atom. The van der Waals surface area contributed by atoms with Crippen LogP contribution in [0.2, 0.25) is 0 Å². The van der Waals surface area contributed by atoms with Crippen molar-refractivity contribution in [2.45, 2.75) is 25.9 Å². The second-order valence-electron chi connectivity index (χ2n) is 3.49. The van der Waals surface area contributed by atoms with Crippen molar-refractivity contribution in [3.8, 4) is 0 Å². The molecule has 14 heavy (non-hydrogen) atoms. The van der Waals surface area contributed by atoms with Gasteiger partial charge in [0.1, 0.15) is 0 Å². The smallest absolute Gasteiger partial charge is 0.0582 e. The van der Waals surface area contributed by atoms with Crippen molar-refractivity contribution in [1.82, 2.24) is 5.32 Å². The van der Waals surface area contributed by atoms with Crippen LogP contribution in [-0.4, -0.2) is 17.8 Å². The number of hydrogen-bond donors (Lipinski definition) is 2. The Balaban J connectivity index is 2.69. The first-order chi connectivity index (χ1) is 6.65. The number of hydrogen-bond acceptors (Lipinski definition) is 2. The molecule has 0 amide bonds. The number of aliphatic hydroxyl groups is 1. The highest BCUT2D eigenvalue weighted by Crippen LogP contribution is 2.22. The molecular formula is C11H16BrNO. The molecule has 3 heteroatoms. The molecule has 0 heterocycles. The highest BCUT2D eigenvalue weighted by Gasteiger charge is 2.10. The van der Waals surface area contributed by atoms with Crippen molar-refractivity contribution < 1.29 is 5.11 Å². The lowest BCUT2D eigenvalue weighted by Gasteiger charge is -2.19. The first-order valence-corrected chi connectivity index (χ1v) is 5.55. The monoisotopic (exact) mass is 257 g/mol. The number of halogens is 1. The van der Waals surface area contributed by atoms with Gasteiger partial charge in [-0.05, 0) is 25.5 Å². The van der Waals surface area contributed by atoms with E-state index in [1.54, 1.807) is 0 Å². The molecule has 0 aliphatic rings. The first kappa shape index (κ1) is 11.7. The van der Waals surface area contributed by atoms with Crippen LogP contribution in [0.5, 0.6) is 0 Å². The number of nitrogens with one attached hydrogen (secondary N) is 1. The summed E-state index contributed by atoms with van der Waals surface area (Å²) in [5.74, 6) is 0. The SMILES string of the molecule is CC(CO)NC(C)c1ccccc1Br. The average Bonchev–Trinajstić information content (AvgIpc) is 2.18. The van der Waals surface area contributed by atoms with Gasteiger partial charge in [0.25, 0.3) is 0 Å². The summed E-state index contributed by atoms with van der Waals surface area (Å²) < 4.78 is 1.10. The molecule has 0 saturated carbocycles. The molecule has 0 aliphatic heterocycles. The molecule has 1 aromatic rings. The highest BCUT2D eigenvalue weighted by atomic mass is 79.9. The van der Waals surface area contributed by atoms with E-state index in [-0.39, 0.29) is 18.7 Å². The normalized spacial score (nSPS) is 15.1. The zero-order valence-electron chi connectivity index (χ0n) is 8.50. The van der Waals surface area contributed by atoms with Gasteiger partial charge in [0.2, 0.25) is 0 Å². The number of benzene rings is 1. The molecular weight excluding hydrogens is 242 g/mol.